The molecule has 0 unspecified atom stereocenters. The first kappa shape index (κ1) is 19.4. The Hall–Kier alpha value is -3.37. The molecule has 140 valence electrons. The quantitative estimate of drug-likeness (QED) is 0.612. The molecule has 6 nitrogen and oxygen atoms in total. The Morgan fingerprint density at radius 2 is 1.89 bits per heavy atom. The summed E-state index contributed by atoms with van der Waals surface area (Å²) in [7, 11) is 1.64. The third-order valence-electron chi connectivity index (χ3n) is 3.80. The summed E-state index contributed by atoms with van der Waals surface area (Å²) in [5, 5.41) is 12.1. The first-order valence-corrected chi connectivity index (χ1v) is 9.37. The Balaban J connectivity index is 1.63. The van der Waals surface area contributed by atoms with Gasteiger partial charge in [0.1, 0.15) is 23.0 Å². The molecule has 3 aromatic rings. The van der Waals surface area contributed by atoms with Crippen LogP contribution in [-0.2, 0) is 11.2 Å². The zero-order valence-corrected chi connectivity index (χ0v) is 16.1. The van der Waals surface area contributed by atoms with E-state index < -0.39 is 0 Å². The topological polar surface area (TPSA) is 87.9 Å². The molecule has 1 aromatic heterocycles. The van der Waals surface area contributed by atoms with Crippen molar-refractivity contribution in [1.29, 1.82) is 5.26 Å². The molecule has 0 fully saturated rings. The summed E-state index contributed by atoms with van der Waals surface area (Å²) < 4.78 is 5.17. The number of nitrogens with one attached hydrogen (secondary N) is 1. The molecule has 0 aliphatic heterocycles. The molecular formula is C21H18N4O2S. The number of methoxy groups -OCH3 is 1. The summed E-state index contributed by atoms with van der Waals surface area (Å²) in [5.74, 6) is 1.22. The van der Waals surface area contributed by atoms with Gasteiger partial charge in [0.2, 0.25) is 5.91 Å². The lowest BCUT2D eigenvalue weighted by Crippen LogP contribution is -2.09. The number of ether oxygens (including phenoxy) is 1. The maximum absolute atomic E-state index is 11.4. The van der Waals surface area contributed by atoms with E-state index >= 15 is 0 Å². The maximum Gasteiger partial charge on any atom is 0.238 e. The molecule has 3 rings (SSSR count). The van der Waals surface area contributed by atoms with E-state index in [0.717, 1.165) is 27.1 Å². The van der Waals surface area contributed by atoms with Gasteiger partial charge in [0.25, 0.3) is 0 Å². The van der Waals surface area contributed by atoms with Crippen LogP contribution >= 0.6 is 11.8 Å². The summed E-state index contributed by atoms with van der Waals surface area (Å²) in [5.41, 5.74) is 1.69. The number of benzene rings is 2. The van der Waals surface area contributed by atoms with Gasteiger partial charge in [0.15, 0.2) is 0 Å². The molecule has 0 aliphatic carbocycles. The van der Waals surface area contributed by atoms with Crippen LogP contribution in [0.5, 0.6) is 5.75 Å². The average molecular weight is 390 g/mol. The van der Waals surface area contributed by atoms with Crippen molar-refractivity contribution in [3.8, 4) is 11.8 Å². The number of aromatic nitrogens is 2. The number of rotatable bonds is 7. The van der Waals surface area contributed by atoms with Crippen molar-refractivity contribution >= 4 is 23.4 Å². The monoisotopic (exact) mass is 390 g/mol. The normalized spacial score (nSPS) is 10.1. The Morgan fingerprint density at radius 1 is 1.14 bits per heavy atom. The van der Waals surface area contributed by atoms with Crippen molar-refractivity contribution in [1.82, 2.24) is 9.97 Å². The van der Waals surface area contributed by atoms with Crippen LogP contribution in [0.3, 0.4) is 0 Å². The van der Waals surface area contributed by atoms with Gasteiger partial charge in [-0.3, -0.25) is 4.79 Å². The predicted octanol–water partition coefficient (Wildman–Crippen LogP) is 4.08. The van der Waals surface area contributed by atoms with E-state index in [1.54, 1.807) is 37.2 Å². The number of anilines is 1. The fourth-order valence-electron chi connectivity index (χ4n) is 2.45. The summed E-state index contributed by atoms with van der Waals surface area (Å²) in [6.07, 6.45) is 2.18. The molecule has 0 radical (unpaired) electrons. The van der Waals surface area contributed by atoms with E-state index in [1.807, 2.05) is 48.5 Å². The van der Waals surface area contributed by atoms with Crippen LogP contribution in [0.1, 0.15) is 17.8 Å². The maximum atomic E-state index is 11.4. The van der Waals surface area contributed by atoms with Gasteiger partial charge in [-0.15, -0.1) is 0 Å². The number of carbonyl (C=O) groups is 1. The summed E-state index contributed by atoms with van der Waals surface area (Å²) in [6.45, 7) is 0. The first-order valence-electron chi connectivity index (χ1n) is 8.56. The van der Waals surface area contributed by atoms with E-state index in [4.69, 9.17) is 10.00 Å². The highest BCUT2D eigenvalue weighted by Gasteiger charge is 2.05. The molecule has 1 heterocycles. The Bertz CT molecular complexity index is 983. The Labute approximate surface area is 167 Å². The molecule has 0 atom stereocenters. The predicted molar refractivity (Wildman–Crippen MR) is 107 cm³/mol. The lowest BCUT2D eigenvalue weighted by atomic mass is 10.1. The minimum absolute atomic E-state index is 0.158. The number of hydrogen-bond donors (Lipinski definition) is 1. The molecule has 1 amide bonds. The zero-order chi connectivity index (χ0) is 19.8. The Kier molecular flexibility index (Phi) is 6.60. The highest BCUT2D eigenvalue weighted by molar-refractivity contribution is 7.99. The summed E-state index contributed by atoms with van der Waals surface area (Å²) in [4.78, 5) is 21.5. The number of carbonyl (C=O) groups excluding carboxylic acids is 1. The van der Waals surface area contributed by atoms with Gasteiger partial charge in [-0.25, -0.2) is 9.97 Å². The SMILES string of the molecule is COc1ccc(Sc2ccnc(Cc3ccc(NC(=O)CC#N)cc3)n2)cc1. The van der Waals surface area contributed by atoms with Gasteiger partial charge in [0, 0.05) is 23.2 Å². The molecule has 28 heavy (non-hydrogen) atoms. The minimum atomic E-state index is -0.318. The van der Waals surface area contributed by atoms with Crippen molar-refractivity contribution in [2.24, 2.45) is 0 Å². The second-order valence-corrected chi connectivity index (χ2v) is 6.94. The van der Waals surface area contributed by atoms with Gasteiger partial charge < -0.3 is 10.1 Å². The highest BCUT2D eigenvalue weighted by atomic mass is 32.2. The van der Waals surface area contributed by atoms with E-state index in [0.29, 0.717) is 12.1 Å². The van der Waals surface area contributed by atoms with E-state index in [9.17, 15) is 4.79 Å². The third-order valence-corrected chi connectivity index (χ3v) is 4.75. The number of amides is 1. The van der Waals surface area contributed by atoms with Crippen LogP contribution < -0.4 is 10.1 Å². The van der Waals surface area contributed by atoms with Crippen LogP contribution in [0.25, 0.3) is 0 Å². The average Bonchev–Trinajstić information content (AvgIpc) is 2.71. The fourth-order valence-corrected chi connectivity index (χ4v) is 3.25. The van der Waals surface area contributed by atoms with Crippen molar-refractivity contribution in [3.05, 3.63) is 72.2 Å². The smallest absolute Gasteiger partial charge is 0.238 e. The third kappa shape index (κ3) is 5.56. The lowest BCUT2D eigenvalue weighted by Gasteiger charge is -2.06. The molecule has 0 saturated carbocycles. The van der Waals surface area contributed by atoms with Crippen molar-refractivity contribution in [2.45, 2.75) is 22.8 Å². The molecule has 0 saturated heterocycles. The van der Waals surface area contributed by atoms with Crippen molar-refractivity contribution in [3.63, 3.8) is 0 Å². The zero-order valence-electron chi connectivity index (χ0n) is 15.3. The largest absolute Gasteiger partial charge is 0.497 e. The van der Waals surface area contributed by atoms with E-state index in [1.165, 1.54) is 0 Å². The van der Waals surface area contributed by atoms with Gasteiger partial charge in [-0.2, -0.15) is 5.26 Å². The van der Waals surface area contributed by atoms with Crippen LogP contribution in [0, 0.1) is 11.3 Å². The summed E-state index contributed by atoms with van der Waals surface area (Å²) >= 11 is 1.56. The Morgan fingerprint density at radius 3 is 2.57 bits per heavy atom. The van der Waals surface area contributed by atoms with Crippen LogP contribution in [0.2, 0.25) is 0 Å². The first-order chi connectivity index (χ1) is 13.7. The standard InChI is InChI=1S/C21H18N4O2S/c1-27-17-6-8-18(9-7-17)28-21-11-13-23-19(25-21)14-15-2-4-16(5-3-15)24-20(26)10-12-22/h2-9,11,13H,10,14H2,1H3,(H,24,26). The molecule has 7 heteroatoms. The van der Waals surface area contributed by atoms with E-state index in [-0.39, 0.29) is 12.3 Å². The molecule has 0 bridgehead atoms. The fraction of sp³-hybridized carbons (Fsp3) is 0.143. The van der Waals surface area contributed by atoms with Crippen LogP contribution in [-0.4, -0.2) is 23.0 Å². The van der Waals surface area contributed by atoms with Gasteiger partial charge in [0.05, 0.1) is 13.2 Å². The number of nitriles is 1. The second kappa shape index (κ2) is 9.53. The highest BCUT2D eigenvalue weighted by Crippen LogP contribution is 2.27. The van der Waals surface area contributed by atoms with Crippen LogP contribution in [0.15, 0.2) is 70.7 Å². The lowest BCUT2D eigenvalue weighted by molar-refractivity contribution is -0.115. The minimum Gasteiger partial charge on any atom is -0.497 e. The number of hydrogen-bond acceptors (Lipinski definition) is 6. The van der Waals surface area contributed by atoms with E-state index in [2.05, 4.69) is 15.3 Å². The molecular weight excluding hydrogens is 372 g/mol. The molecule has 1 N–H and O–H groups in total. The van der Waals surface area contributed by atoms with Crippen molar-refractivity contribution < 1.29 is 9.53 Å². The summed E-state index contributed by atoms with van der Waals surface area (Å²) in [6, 6.07) is 19.0. The molecule has 0 spiro atoms. The molecule has 2 aromatic carbocycles. The van der Waals surface area contributed by atoms with Gasteiger partial charge in [-0.1, -0.05) is 23.9 Å². The van der Waals surface area contributed by atoms with Crippen molar-refractivity contribution in [2.75, 3.05) is 12.4 Å². The van der Waals surface area contributed by atoms with Gasteiger partial charge >= 0.3 is 0 Å². The number of nitrogens with zero attached hydrogens (tertiary/aromatic N) is 3. The second-order valence-electron chi connectivity index (χ2n) is 5.85. The van der Waals surface area contributed by atoms with Gasteiger partial charge in [-0.05, 0) is 48.0 Å². The molecule has 0 aliphatic rings. The van der Waals surface area contributed by atoms with Crippen LogP contribution in [0.4, 0.5) is 5.69 Å².